The summed E-state index contributed by atoms with van der Waals surface area (Å²) in [6, 6.07) is 0. The van der Waals surface area contributed by atoms with Gasteiger partial charge in [-0.3, -0.25) is 4.79 Å². The van der Waals surface area contributed by atoms with Crippen LogP contribution in [0.5, 0.6) is 0 Å². The molecule has 0 atom stereocenters. The lowest BCUT2D eigenvalue weighted by Gasteiger charge is -2.56. The van der Waals surface area contributed by atoms with Crippen LogP contribution in [0.3, 0.4) is 0 Å². The minimum Gasteiger partial charge on any atom is -0.471 e. The summed E-state index contributed by atoms with van der Waals surface area (Å²) < 4.78 is 16.5. The third kappa shape index (κ3) is 3.57. The molecule has 0 aromatic rings. The van der Waals surface area contributed by atoms with Crippen molar-refractivity contribution in [2.75, 3.05) is 19.8 Å². The third-order valence-corrected chi connectivity index (χ3v) is 6.46. The van der Waals surface area contributed by atoms with E-state index in [4.69, 9.17) is 14.2 Å². The van der Waals surface area contributed by atoms with Crippen LogP contribution in [0.25, 0.3) is 0 Å². The van der Waals surface area contributed by atoms with E-state index in [2.05, 4.69) is 22.2 Å². The fraction of sp³-hybridized carbons (Fsp3) is 0.700. The van der Waals surface area contributed by atoms with E-state index >= 15 is 0 Å². The predicted octanol–water partition coefficient (Wildman–Crippen LogP) is 1.82. The molecule has 5 fully saturated rings. The first-order valence-corrected chi connectivity index (χ1v) is 10.00. The van der Waals surface area contributed by atoms with E-state index in [-0.39, 0.29) is 24.2 Å². The highest BCUT2D eigenvalue weighted by molar-refractivity contribution is 5.91. The van der Waals surface area contributed by atoms with Gasteiger partial charge in [0.1, 0.15) is 11.9 Å². The van der Waals surface area contributed by atoms with Crippen molar-refractivity contribution < 1.29 is 19.0 Å². The van der Waals surface area contributed by atoms with E-state index in [0.29, 0.717) is 30.8 Å². The molecular formula is C20H27N3O4. The number of nitrogens with zero attached hydrogens (tertiary/aromatic N) is 1. The minimum atomic E-state index is -0.0629. The van der Waals surface area contributed by atoms with E-state index in [0.717, 1.165) is 37.0 Å². The smallest absolute Gasteiger partial charge is 0.258 e. The van der Waals surface area contributed by atoms with Gasteiger partial charge in [-0.2, -0.15) is 4.99 Å². The highest BCUT2D eigenvalue weighted by atomic mass is 16.6. The Kier molecular flexibility index (Phi) is 4.15. The first-order valence-electron chi connectivity index (χ1n) is 10.00. The number of hydrogen-bond acceptors (Lipinski definition) is 6. The van der Waals surface area contributed by atoms with Gasteiger partial charge in [-0.15, -0.1) is 0 Å². The molecule has 0 aromatic heterocycles. The fourth-order valence-electron chi connectivity index (χ4n) is 5.82. The number of hydrogen-bond donors (Lipinski definition) is 2. The van der Waals surface area contributed by atoms with Gasteiger partial charge in [-0.1, -0.05) is 6.58 Å². The van der Waals surface area contributed by atoms with Gasteiger partial charge in [-0.05, 0) is 56.3 Å². The molecule has 1 saturated heterocycles. The summed E-state index contributed by atoms with van der Waals surface area (Å²) in [5.41, 5.74) is 0.00303. The number of nitrogens with one attached hydrogen (secondary N) is 2. The van der Waals surface area contributed by atoms with Crippen molar-refractivity contribution in [2.45, 2.75) is 50.2 Å². The van der Waals surface area contributed by atoms with Crippen molar-refractivity contribution in [3.63, 3.8) is 0 Å². The average molecular weight is 373 g/mol. The van der Waals surface area contributed by atoms with Crippen molar-refractivity contribution in [3.05, 3.63) is 24.4 Å². The molecular weight excluding hydrogens is 346 g/mol. The van der Waals surface area contributed by atoms with Crippen molar-refractivity contribution in [2.24, 2.45) is 22.7 Å². The molecule has 2 heterocycles. The van der Waals surface area contributed by atoms with E-state index < -0.39 is 0 Å². The predicted molar refractivity (Wildman–Crippen MR) is 98.5 cm³/mol. The standard InChI is InChI=1S/C20H27N3O4/c1-12-21-18(5-19(22-12)27-16-9-25-10-16)26-11-17(24)23-20-6-13-2-14(7-20)4-15(3-13)8-20/h5,13-16,22H,1-4,6-11H2,(H,23,24). The number of carbonyl (C=O) groups excluding carboxylic acids is 1. The second-order valence-electron chi connectivity index (χ2n) is 8.84. The second kappa shape index (κ2) is 6.55. The van der Waals surface area contributed by atoms with Crippen molar-refractivity contribution >= 4 is 11.8 Å². The number of ether oxygens (including phenoxy) is 3. The van der Waals surface area contributed by atoms with Gasteiger partial charge in [0.25, 0.3) is 5.91 Å². The van der Waals surface area contributed by atoms with Gasteiger partial charge in [0.15, 0.2) is 12.5 Å². The molecule has 6 aliphatic rings. The van der Waals surface area contributed by atoms with Gasteiger partial charge in [0.2, 0.25) is 5.90 Å². The maximum atomic E-state index is 12.6. The fourth-order valence-corrected chi connectivity index (χ4v) is 5.82. The molecule has 146 valence electrons. The van der Waals surface area contributed by atoms with Gasteiger partial charge < -0.3 is 24.8 Å². The molecule has 7 heteroatoms. The molecule has 0 aromatic carbocycles. The van der Waals surface area contributed by atoms with Crippen LogP contribution < -0.4 is 10.6 Å². The van der Waals surface area contributed by atoms with Gasteiger partial charge in [0, 0.05) is 5.54 Å². The van der Waals surface area contributed by atoms with Crippen LogP contribution in [0.4, 0.5) is 0 Å². The SMILES string of the molecule is C=C1N=C(OCC(=O)NC23CC4CC(CC(C4)C2)C3)C=C(OC2COC2)N1. The second-order valence-corrected chi connectivity index (χ2v) is 8.84. The molecule has 0 unspecified atom stereocenters. The van der Waals surface area contributed by atoms with Gasteiger partial charge in [0.05, 0.1) is 19.3 Å². The largest absolute Gasteiger partial charge is 0.471 e. The Morgan fingerprint density at radius 1 is 1.26 bits per heavy atom. The normalized spacial score (nSPS) is 37.0. The van der Waals surface area contributed by atoms with Crippen molar-refractivity contribution in [1.82, 2.24) is 10.6 Å². The number of carbonyl (C=O) groups is 1. The Morgan fingerprint density at radius 3 is 2.52 bits per heavy atom. The highest BCUT2D eigenvalue weighted by Crippen LogP contribution is 2.55. The Labute approximate surface area is 159 Å². The quantitative estimate of drug-likeness (QED) is 0.768. The summed E-state index contributed by atoms with van der Waals surface area (Å²) in [6.45, 7) is 4.92. The summed E-state index contributed by atoms with van der Waals surface area (Å²) in [4.78, 5) is 16.8. The Morgan fingerprint density at radius 2 is 1.93 bits per heavy atom. The molecule has 2 aliphatic heterocycles. The lowest BCUT2D eigenvalue weighted by Crippen LogP contribution is -2.60. The van der Waals surface area contributed by atoms with E-state index in [1.54, 1.807) is 6.08 Å². The molecule has 4 saturated carbocycles. The summed E-state index contributed by atoms with van der Waals surface area (Å²) in [5, 5.41) is 6.27. The molecule has 7 nitrogen and oxygen atoms in total. The molecule has 27 heavy (non-hydrogen) atoms. The van der Waals surface area contributed by atoms with Crippen LogP contribution in [-0.2, 0) is 19.0 Å². The maximum Gasteiger partial charge on any atom is 0.258 e. The maximum absolute atomic E-state index is 12.6. The zero-order chi connectivity index (χ0) is 18.4. The van der Waals surface area contributed by atoms with Crippen LogP contribution in [0.2, 0.25) is 0 Å². The zero-order valence-electron chi connectivity index (χ0n) is 15.5. The molecule has 6 rings (SSSR count). The van der Waals surface area contributed by atoms with Crippen molar-refractivity contribution in [3.8, 4) is 0 Å². The molecule has 1 amide bonds. The lowest BCUT2D eigenvalue weighted by atomic mass is 9.53. The van der Waals surface area contributed by atoms with Gasteiger partial charge in [-0.25, -0.2) is 0 Å². The van der Waals surface area contributed by atoms with E-state index in [1.165, 1.54) is 19.3 Å². The van der Waals surface area contributed by atoms with E-state index in [9.17, 15) is 4.79 Å². The summed E-state index contributed by atoms with van der Waals surface area (Å²) in [7, 11) is 0. The van der Waals surface area contributed by atoms with Crippen LogP contribution in [0, 0.1) is 17.8 Å². The summed E-state index contributed by atoms with van der Waals surface area (Å²) in [5.74, 6) is 3.64. The summed E-state index contributed by atoms with van der Waals surface area (Å²) >= 11 is 0. The number of rotatable bonds is 5. The first kappa shape index (κ1) is 17.1. The Bertz CT molecular complexity index is 675. The highest BCUT2D eigenvalue weighted by Gasteiger charge is 2.51. The Balaban J connectivity index is 1.16. The average Bonchev–Trinajstić information content (AvgIpc) is 2.54. The molecule has 4 bridgehead atoms. The van der Waals surface area contributed by atoms with Crippen LogP contribution >= 0.6 is 0 Å². The first-order chi connectivity index (χ1) is 13.1. The minimum absolute atomic E-state index is 0.00303. The molecule has 0 spiro atoms. The number of aliphatic imine (C=N–C) groups is 1. The monoisotopic (exact) mass is 373 g/mol. The van der Waals surface area contributed by atoms with Crippen LogP contribution in [-0.4, -0.2) is 43.3 Å². The number of amides is 1. The Hall–Kier alpha value is -2.02. The topological polar surface area (TPSA) is 81.2 Å². The van der Waals surface area contributed by atoms with Gasteiger partial charge >= 0.3 is 0 Å². The van der Waals surface area contributed by atoms with Crippen LogP contribution in [0.1, 0.15) is 38.5 Å². The van der Waals surface area contributed by atoms with E-state index in [1.807, 2.05) is 0 Å². The van der Waals surface area contributed by atoms with Crippen LogP contribution in [0.15, 0.2) is 29.4 Å². The molecule has 4 aliphatic carbocycles. The molecule has 2 N–H and O–H groups in total. The van der Waals surface area contributed by atoms with Crippen molar-refractivity contribution in [1.29, 1.82) is 0 Å². The summed E-state index contributed by atoms with van der Waals surface area (Å²) in [6.07, 6.45) is 9.17. The zero-order valence-corrected chi connectivity index (χ0v) is 15.5. The molecule has 0 radical (unpaired) electrons. The third-order valence-electron chi connectivity index (χ3n) is 6.46. The lowest BCUT2D eigenvalue weighted by molar-refractivity contribution is -0.129.